The number of aryl methyl sites for hydroxylation is 1. The summed E-state index contributed by atoms with van der Waals surface area (Å²) >= 11 is 0. The SMILES string of the molecule is C=C1CCC(N2C(=O)c3ccc(CCC(=O)c4ccc(S(=O)(=O)CC)cc4)cc3C2=O)C(=O)N1. The Balaban J connectivity index is 1.45. The highest BCUT2D eigenvalue weighted by atomic mass is 32.2. The molecule has 2 aliphatic rings. The van der Waals surface area contributed by atoms with Gasteiger partial charge in [0.2, 0.25) is 5.91 Å². The van der Waals surface area contributed by atoms with Gasteiger partial charge in [-0.25, -0.2) is 8.42 Å². The highest BCUT2D eigenvalue weighted by Gasteiger charge is 2.43. The van der Waals surface area contributed by atoms with E-state index in [1.54, 1.807) is 25.1 Å². The van der Waals surface area contributed by atoms with Gasteiger partial charge < -0.3 is 5.32 Å². The van der Waals surface area contributed by atoms with E-state index in [-0.39, 0.29) is 34.0 Å². The fourth-order valence-electron chi connectivity index (χ4n) is 4.17. The molecule has 2 aromatic carbocycles. The number of hydrogen-bond donors (Lipinski definition) is 1. The molecule has 1 N–H and O–H groups in total. The van der Waals surface area contributed by atoms with Gasteiger partial charge in [0.25, 0.3) is 11.8 Å². The minimum atomic E-state index is -3.33. The molecule has 2 aliphatic heterocycles. The normalized spacial score (nSPS) is 18.1. The zero-order chi connectivity index (χ0) is 24.6. The Morgan fingerprint density at radius 2 is 1.74 bits per heavy atom. The number of benzene rings is 2. The third kappa shape index (κ3) is 4.31. The highest BCUT2D eigenvalue weighted by molar-refractivity contribution is 7.91. The largest absolute Gasteiger partial charge is 0.329 e. The van der Waals surface area contributed by atoms with Gasteiger partial charge in [-0.1, -0.05) is 31.7 Å². The number of fused-ring (bicyclic) bond motifs is 1. The van der Waals surface area contributed by atoms with Crippen molar-refractivity contribution in [1.29, 1.82) is 0 Å². The van der Waals surface area contributed by atoms with Crippen molar-refractivity contribution in [2.24, 2.45) is 0 Å². The standard InChI is InChI=1S/C25H24N2O6S/c1-3-34(32,33)18-9-7-17(8-10-18)22(28)13-6-16-5-11-19-20(14-16)25(31)27(24(19)30)21-12-4-15(2)26-23(21)29/h5,7-11,14,21H,2-4,6,12-13H2,1H3,(H,26,29). The van der Waals surface area contributed by atoms with Gasteiger partial charge in [0, 0.05) is 17.7 Å². The molecule has 1 unspecified atom stereocenters. The molecule has 176 valence electrons. The van der Waals surface area contributed by atoms with Crippen LogP contribution in [-0.2, 0) is 21.1 Å². The maximum atomic E-state index is 13.0. The predicted octanol–water partition coefficient (Wildman–Crippen LogP) is 2.68. The summed E-state index contributed by atoms with van der Waals surface area (Å²) in [6.45, 7) is 5.27. The molecule has 8 nitrogen and oxygen atoms in total. The summed E-state index contributed by atoms with van der Waals surface area (Å²) in [7, 11) is -3.33. The Morgan fingerprint density at radius 1 is 1.06 bits per heavy atom. The molecule has 0 aromatic heterocycles. The third-order valence-corrected chi connectivity index (χ3v) is 7.92. The fraction of sp³-hybridized carbons (Fsp3) is 0.280. The number of sulfone groups is 1. The van der Waals surface area contributed by atoms with Crippen molar-refractivity contribution in [3.05, 3.63) is 77.0 Å². The van der Waals surface area contributed by atoms with Crippen molar-refractivity contribution >= 4 is 33.3 Å². The summed E-state index contributed by atoms with van der Waals surface area (Å²) in [5, 5.41) is 2.60. The van der Waals surface area contributed by atoms with Crippen molar-refractivity contribution in [3.8, 4) is 0 Å². The van der Waals surface area contributed by atoms with Gasteiger partial charge in [-0.05, 0) is 49.1 Å². The molecule has 2 heterocycles. The Labute approximate surface area is 197 Å². The number of allylic oxidation sites excluding steroid dienone is 1. The summed E-state index contributed by atoms with van der Waals surface area (Å²) in [6, 6.07) is 9.82. The Morgan fingerprint density at radius 3 is 2.38 bits per heavy atom. The van der Waals surface area contributed by atoms with Gasteiger partial charge in [-0.3, -0.25) is 24.1 Å². The number of Topliss-reactive ketones (excluding diaryl/α,β-unsaturated/α-hetero) is 1. The van der Waals surface area contributed by atoms with Gasteiger partial charge in [0.05, 0.1) is 21.8 Å². The lowest BCUT2D eigenvalue weighted by Gasteiger charge is -2.29. The van der Waals surface area contributed by atoms with E-state index in [0.717, 1.165) is 4.90 Å². The number of carbonyl (C=O) groups is 4. The van der Waals surface area contributed by atoms with Crippen LogP contribution in [0, 0.1) is 0 Å². The number of carbonyl (C=O) groups excluding carboxylic acids is 4. The van der Waals surface area contributed by atoms with Crippen LogP contribution in [0.15, 0.2) is 59.6 Å². The highest BCUT2D eigenvalue weighted by Crippen LogP contribution is 2.29. The zero-order valence-corrected chi connectivity index (χ0v) is 19.5. The molecule has 0 spiro atoms. The monoisotopic (exact) mass is 480 g/mol. The van der Waals surface area contributed by atoms with E-state index < -0.39 is 33.6 Å². The van der Waals surface area contributed by atoms with Crippen LogP contribution in [0.25, 0.3) is 0 Å². The first kappa shape index (κ1) is 23.6. The lowest BCUT2D eigenvalue weighted by molar-refractivity contribution is -0.125. The van der Waals surface area contributed by atoms with Crippen molar-refractivity contribution < 1.29 is 27.6 Å². The minimum Gasteiger partial charge on any atom is -0.329 e. The molecule has 4 rings (SSSR count). The number of hydrogen-bond acceptors (Lipinski definition) is 6. The van der Waals surface area contributed by atoms with Crippen molar-refractivity contribution in [2.45, 2.75) is 43.5 Å². The smallest absolute Gasteiger partial charge is 0.262 e. The van der Waals surface area contributed by atoms with E-state index in [2.05, 4.69) is 11.9 Å². The summed E-state index contributed by atoms with van der Waals surface area (Å²) in [5.41, 5.74) is 2.14. The van der Waals surface area contributed by atoms with Crippen LogP contribution < -0.4 is 5.32 Å². The molecule has 34 heavy (non-hydrogen) atoms. The van der Waals surface area contributed by atoms with Crippen LogP contribution in [0.4, 0.5) is 0 Å². The molecular formula is C25H24N2O6S. The summed E-state index contributed by atoms with van der Waals surface area (Å²) in [5.74, 6) is -1.62. The quantitative estimate of drug-likeness (QED) is 0.481. The van der Waals surface area contributed by atoms with Gasteiger partial charge >= 0.3 is 0 Å². The van der Waals surface area contributed by atoms with Crippen LogP contribution in [0.1, 0.15) is 62.8 Å². The zero-order valence-electron chi connectivity index (χ0n) is 18.7. The second-order valence-corrected chi connectivity index (χ2v) is 10.6. The average Bonchev–Trinajstić information content (AvgIpc) is 3.07. The van der Waals surface area contributed by atoms with Crippen LogP contribution >= 0.6 is 0 Å². The second-order valence-electron chi connectivity index (χ2n) is 8.36. The van der Waals surface area contributed by atoms with Crippen LogP contribution in [0.5, 0.6) is 0 Å². The molecule has 0 aliphatic carbocycles. The minimum absolute atomic E-state index is 0.0159. The van der Waals surface area contributed by atoms with Gasteiger partial charge in [0.15, 0.2) is 15.6 Å². The number of amides is 3. The Hall–Kier alpha value is -3.59. The summed E-state index contributed by atoms with van der Waals surface area (Å²) in [4.78, 5) is 51.9. The van der Waals surface area contributed by atoms with Crippen molar-refractivity contribution in [2.75, 3.05) is 5.75 Å². The van der Waals surface area contributed by atoms with E-state index in [1.165, 1.54) is 24.3 Å². The molecule has 0 bridgehead atoms. The molecule has 1 atom stereocenters. The summed E-state index contributed by atoms with van der Waals surface area (Å²) in [6.07, 6.45) is 1.31. The topological polar surface area (TPSA) is 118 Å². The van der Waals surface area contributed by atoms with Crippen LogP contribution in [-0.4, -0.2) is 48.6 Å². The first-order valence-corrected chi connectivity index (χ1v) is 12.6. The average molecular weight is 481 g/mol. The molecule has 1 fully saturated rings. The Bertz CT molecular complexity index is 1330. The van der Waals surface area contributed by atoms with E-state index in [4.69, 9.17) is 0 Å². The summed E-state index contributed by atoms with van der Waals surface area (Å²) < 4.78 is 23.9. The van der Waals surface area contributed by atoms with Crippen molar-refractivity contribution in [3.63, 3.8) is 0 Å². The third-order valence-electron chi connectivity index (χ3n) is 6.17. The van der Waals surface area contributed by atoms with E-state index in [9.17, 15) is 27.6 Å². The maximum absolute atomic E-state index is 13.0. The second kappa shape index (κ2) is 8.98. The van der Waals surface area contributed by atoms with Crippen molar-refractivity contribution in [1.82, 2.24) is 10.2 Å². The number of nitrogens with zero attached hydrogens (tertiary/aromatic N) is 1. The molecule has 0 saturated carbocycles. The lowest BCUT2D eigenvalue weighted by Crippen LogP contribution is -2.51. The predicted molar refractivity (Wildman–Crippen MR) is 124 cm³/mol. The fourth-order valence-corrected chi connectivity index (χ4v) is 5.05. The van der Waals surface area contributed by atoms with Gasteiger partial charge in [-0.2, -0.15) is 0 Å². The van der Waals surface area contributed by atoms with Gasteiger partial charge in [0.1, 0.15) is 6.04 Å². The van der Waals surface area contributed by atoms with Crippen LogP contribution in [0.2, 0.25) is 0 Å². The molecule has 1 saturated heterocycles. The molecular weight excluding hydrogens is 456 g/mol. The van der Waals surface area contributed by atoms with E-state index in [1.807, 2.05) is 0 Å². The first-order chi connectivity index (χ1) is 16.1. The molecule has 2 aromatic rings. The molecule has 9 heteroatoms. The molecule has 0 radical (unpaired) electrons. The van der Waals surface area contributed by atoms with Gasteiger partial charge in [-0.15, -0.1) is 0 Å². The Kier molecular flexibility index (Phi) is 6.22. The van der Waals surface area contributed by atoms with E-state index >= 15 is 0 Å². The first-order valence-electron chi connectivity index (χ1n) is 11.0. The number of piperidine rings is 1. The van der Waals surface area contributed by atoms with Crippen LogP contribution in [0.3, 0.4) is 0 Å². The molecule has 3 amide bonds. The number of imide groups is 1. The number of nitrogens with one attached hydrogen (secondary N) is 1. The lowest BCUT2D eigenvalue weighted by atomic mass is 9.99. The maximum Gasteiger partial charge on any atom is 0.262 e. The number of rotatable bonds is 7. The van der Waals surface area contributed by atoms with E-state index in [0.29, 0.717) is 36.1 Å². The number of ketones is 1.